The first kappa shape index (κ1) is 50.9. The fourth-order valence-corrected chi connectivity index (χ4v) is 12.1. The van der Waals surface area contributed by atoms with Gasteiger partial charge in [0, 0.05) is 32.3 Å². The molecular formula is C48H80O9SSi2. The molecule has 0 amide bonds. The summed E-state index contributed by atoms with van der Waals surface area (Å²) in [5, 5.41) is 0.0161. The maximum Gasteiger partial charge on any atom is 0.192 e. The van der Waals surface area contributed by atoms with Crippen LogP contribution in [0.2, 0.25) is 36.3 Å². The van der Waals surface area contributed by atoms with Crippen LogP contribution in [0, 0.1) is 11.8 Å². The minimum Gasteiger partial charge on any atom is -0.414 e. The van der Waals surface area contributed by atoms with E-state index in [1.165, 1.54) is 0 Å². The molecule has 1 aromatic carbocycles. The molecule has 12 heteroatoms. The SMILES string of the molecule is C=CCOC/C=C/[C@H]1CC(=C)C(CC[C@H]2C[C@@H](C)C(=C)C(C[C@@H]3OC(C[C@@H](CO[Si](C)(C)C(C)(C)C)O[Si](C)(C)C(C)(C)C)[C@H](OC)[C@H]3CS(=O)(=O)c3ccccc3)O2)O1. The van der Waals surface area contributed by atoms with Crippen molar-refractivity contribution in [2.75, 3.05) is 32.7 Å². The summed E-state index contributed by atoms with van der Waals surface area (Å²) in [6.07, 6.45) is 8.11. The third-order valence-corrected chi connectivity index (χ3v) is 24.7. The van der Waals surface area contributed by atoms with Crippen LogP contribution in [0.15, 0.2) is 84.3 Å². The van der Waals surface area contributed by atoms with Crippen molar-refractivity contribution in [2.24, 2.45) is 11.8 Å². The van der Waals surface area contributed by atoms with Gasteiger partial charge in [0.25, 0.3) is 0 Å². The van der Waals surface area contributed by atoms with Crippen LogP contribution in [0.5, 0.6) is 0 Å². The van der Waals surface area contributed by atoms with Crippen LogP contribution in [0.3, 0.4) is 0 Å². The molecule has 3 saturated heterocycles. The van der Waals surface area contributed by atoms with Crippen LogP contribution in [0.25, 0.3) is 0 Å². The van der Waals surface area contributed by atoms with Gasteiger partial charge in [-0.2, -0.15) is 0 Å². The Labute approximate surface area is 366 Å². The van der Waals surface area contributed by atoms with Gasteiger partial charge in [-0.25, -0.2) is 8.42 Å². The zero-order valence-corrected chi connectivity index (χ0v) is 42.0. The Hall–Kier alpha value is -1.72. The van der Waals surface area contributed by atoms with Crippen molar-refractivity contribution in [2.45, 2.75) is 177 Å². The quantitative estimate of drug-likeness (QED) is 0.0679. The van der Waals surface area contributed by atoms with Crippen LogP contribution >= 0.6 is 0 Å². The number of hydrogen-bond donors (Lipinski definition) is 0. The van der Waals surface area contributed by atoms with Gasteiger partial charge in [0.1, 0.15) is 0 Å². The summed E-state index contributed by atoms with van der Waals surface area (Å²) >= 11 is 0. The Balaban J connectivity index is 1.56. The fourth-order valence-electron chi connectivity index (χ4n) is 8.07. The van der Waals surface area contributed by atoms with Crippen molar-refractivity contribution in [3.8, 4) is 0 Å². The lowest BCUT2D eigenvalue weighted by Crippen LogP contribution is -2.49. The lowest BCUT2D eigenvalue weighted by Gasteiger charge is -2.42. The topological polar surface area (TPSA) is 98.8 Å². The molecule has 0 spiro atoms. The lowest BCUT2D eigenvalue weighted by molar-refractivity contribution is -0.0777. The van der Waals surface area contributed by atoms with E-state index in [0.29, 0.717) is 37.6 Å². The number of sulfone groups is 1. The Kier molecular flexibility index (Phi) is 18.1. The van der Waals surface area contributed by atoms with Crippen LogP contribution in [-0.4, -0.2) is 107 Å². The molecule has 3 aliphatic rings. The van der Waals surface area contributed by atoms with Crippen LogP contribution < -0.4 is 0 Å². The molecule has 1 aromatic rings. The molecule has 0 N–H and O–H groups in total. The Morgan fingerprint density at radius 2 is 1.57 bits per heavy atom. The Bertz CT molecular complexity index is 1700. The van der Waals surface area contributed by atoms with Gasteiger partial charge in [0.05, 0.1) is 79.3 Å². The van der Waals surface area contributed by atoms with E-state index in [1.54, 1.807) is 37.5 Å². The highest BCUT2D eigenvalue weighted by Crippen LogP contribution is 2.44. The highest BCUT2D eigenvalue weighted by Gasteiger charge is 2.50. The molecule has 0 aliphatic carbocycles. The van der Waals surface area contributed by atoms with E-state index in [2.05, 4.69) is 100 Å². The highest BCUT2D eigenvalue weighted by molar-refractivity contribution is 7.91. The predicted octanol–water partition coefficient (Wildman–Crippen LogP) is 10.7. The first-order valence-electron chi connectivity index (χ1n) is 22.2. The van der Waals surface area contributed by atoms with Crippen LogP contribution in [0.4, 0.5) is 0 Å². The second kappa shape index (κ2) is 21.3. The van der Waals surface area contributed by atoms with Gasteiger partial charge >= 0.3 is 0 Å². The summed E-state index contributed by atoms with van der Waals surface area (Å²) in [4.78, 5) is 0.297. The molecule has 60 heavy (non-hydrogen) atoms. The van der Waals surface area contributed by atoms with Gasteiger partial charge in [-0.1, -0.05) is 98.1 Å². The third kappa shape index (κ3) is 13.6. The molecule has 340 valence electrons. The van der Waals surface area contributed by atoms with Gasteiger partial charge in [-0.05, 0) is 84.7 Å². The maximum absolute atomic E-state index is 14.1. The monoisotopic (exact) mass is 889 g/mol. The molecule has 10 atom stereocenters. The zero-order valence-electron chi connectivity index (χ0n) is 39.2. The molecule has 4 rings (SSSR count). The van der Waals surface area contributed by atoms with Gasteiger partial charge in [0.2, 0.25) is 0 Å². The fraction of sp³-hybridized carbons (Fsp3) is 0.708. The molecule has 9 nitrogen and oxygen atoms in total. The summed E-state index contributed by atoms with van der Waals surface area (Å²) < 4.78 is 74.3. The van der Waals surface area contributed by atoms with Crippen molar-refractivity contribution in [1.82, 2.24) is 0 Å². The molecule has 0 bridgehead atoms. The van der Waals surface area contributed by atoms with Crippen molar-refractivity contribution >= 4 is 26.5 Å². The minimum atomic E-state index is -3.68. The third-order valence-electron chi connectivity index (χ3n) is 13.9. The molecule has 3 heterocycles. The van der Waals surface area contributed by atoms with Crippen molar-refractivity contribution < 1.29 is 41.0 Å². The van der Waals surface area contributed by atoms with E-state index in [4.69, 9.17) is 32.5 Å². The van der Waals surface area contributed by atoms with E-state index in [0.717, 1.165) is 36.8 Å². The van der Waals surface area contributed by atoms with Crippen molar-refractivity contribution in [3.63, 3.8) is 0 Å². The van der Waals surface area contributed by atoms with E-state index in [1.807, 2.05) is 12.1 Å². The molecule has 0 radical (unpaired) electrons. The molecule has 3 aliphatic heterocycles. The van der Waals surface area contributed by atoms with E-state index in [9.17, 15) is 8.42 Å². The zero-order chi connectivity index (χ0) is 44.7. The van der Waals surface area contributed by atoms with Crippen molar-refractivity contribution in [3.05, 3.63) is 79.4 Å². The first-order chi connectivity index (χ1) is 27.9. The standard InChI is InChI=1S/C48H80O9SSi2/c1-16-26-52-27-20-21-37-29-35(3)42(54-37)25-24-38-28-34(2)36(4)43(55-38)31-44-41(33-58(49,50)40-22-18-17-19-23-40)46(51-11)45(56-44)30-39(57-60(14,15)48(8,9)10)32-53-59(12,13)47(5,6)7/h16-23,34,37-39,41-46H,1,3-4,24-33H2,2,5-15H3/b21-20+/t34-,37+,38+,39+,41+,42?,43?,44+,45?,46-/m1/s1. The first-order valence-corrected chi connectivity index (χ1v) is 29.7. The normalized spacial score (nSPS) is 29.1. The summed E-state index contributed by atoms with van der Waals surface area (Å²) in [5.41, 5.74) is 2.12. The molecule has 3 unspecified atom stereocenters. The molecule has 0 saturated carbocycles. The summed E-state index contributed by atoms with van der Waals surface area (Å²) in [7, 11) is -6.37. The number of benzene rings is 1. The second-order valence-corrected chi connectivity index (χ2v) is 32.1. The minimum absolute atomic E-state index is 0.00873. The molecule has 0 aromatic heterocycles. The van der Waals surface area contributed by atoms with E-state index >= 15 is 0 Å². The summed E-state index contributed by atoms with van der Waals surface area (Å²) in [5.74, 6) is -0.334. The van der Waals surface area contributed by atoms with Gasteiger partial charge in [-0.3, -0.25) is 0 Å². The number of methoxy groups -OCH3 is 1. The van der Waals surface area contributed by atoms with E-state index in [-0.39, 0.29) is 52.3 Å². The average molecular weight is 889 g/mol. The van der Waals surface area contributed by atoms with Crippen molar-refractivity contribution in [1.29, 1.82) is 0 Å². The second-order valence-electron chi connectivity index (χ2n) is 20.5. The smallest absolute Gasteiger partial charge is 0.192 e. The Morgan fingerprint density at radius 3 is 2.18 bits per heavy atom. The number of rotatable bonds is 21. The van der Waals surface area contributed by atoms with Gasteiger partial charge < -0.3 is 32.5 Å². The van der Waals surface area contributed by atoms with E-state index < -0.39 is 50.7 Å². The number of hydrogen-bond acceptors (Lipinski definition) is 9. The maximum atomic E-state index is 14.1. The average Bonchev–Trinajstić information content (AvgIpc) is 3.67. The molecular weight excluding hydrogens is 809 g/mol. The lowest BCUT2D eigenvalue weighted by atomic mass is 9.83. The Morgan fingerprint density at radius 1 is 0.900 bits per heavy atom. The van der Waals surface area contributed by atoms with Gasteiger partial charge in [-0.15, -0.1) is 6.58 Å². The largest absolute Gasteiger partial charge is 0.414 e. The van der Waals surface area contributed by atoms with Gasteiger partial charge in [0.15, 0.2) is 26.5 Å². The number of ether oxygens (including phenoxy) is 5. The predicted molar refractivity (Wildman–Crippen MR) is 249 cm³/mol. The highest BCUT2D eigenvalue weighted by atomic mass is 32.2. The summed E-state index contributed by atoms with van der Waals surface area (Å²) in [6, 6.07) is 8.70. The van der Waals surface area contributed by atoms with Crippen LogP contribution in [-0.2, 0) is 42.4 Å². The summed E-state index contributed by atoms with van der Waals surface area (Å²) in [6.45, 7) is 38.8. The van der Waals surface area contributed by atoms with Crippen LogP contribution in [0.1, 0.15) is 87.0 Å². The molecule has 3 fully saturated rings.